The number of rotatable bonds is 4. The van der Waals surface area contributed by atoms with Gasteiger partial charge in [-0.2, -0.15) is 0 Å². The summed E-state index contributed by atoms with van der Waals surface area (Å²) in [4.78, 5) is 10.7. The van der Waals surface area contributed by atoms with Gasteiger partial charge in [-0.1, -0.05) is 37.3 Å². The minimum atomic E-state index is -0.619. The Hall–Kier alpha value is -0.790. The molecule has 17 heavy (non-hydrogen) atoms. The van der Waals surface area contributed by atoms with Crippen molar-refractivity contribution in [2.45, 2.75) is 51.4 Å². The van der Waals surface area contributed by atoms with E-state index in [0.29, 0.717) is 18.3 Å². The van der Waals surface area contributed by atoms with Gasteiger partial charge in [0.05, 0.1) is 0 Å². The fourth-order valence-corrected chi connectivity index (χ4v) is 4.24. The number of hydrogen-bond acceptors (Lipinski definition) is 1. The molecule has 94 valence electrons. The van der Waals surface area contributed by atoms with Crippen LogP contribution >= 0.6 is 0 Å². The quantitative estimate of drug-likeness (QED) is 0.754. The van der Waals surface area contributed by atoms with Gasteiger partial charge in [-0.05, 0) is 42.9 Å². The van der Waals surface area contributed by atoms with Crippen molar-refractivity contribution in [1.29, 1.82) is 0 Å². The maximum atomic E-state index is 10.7. The second-order valence-electron chi connectivity index (χ2n) is 6.31. The van der Waals surface area contributed by atoms with E-state index in [4.69, 9.17) is 5.11 Å². The molecule has 2 heteroatoms. The summed E-state index contributed by atoms with van der Waals surface area (Å²) in [5, 5.41) is 8.84. The molecule has 0 aromatic carbocycles. The summed E-state index contributed by atoms with van der Waals surface area (Å²) in [6.45, 7) is 0. The molecule has 2 saturated carbocycles. The largest absolute Gasteiger partial charge is 0.481 e. The van der Waals surface area contributed by atoms with Gasteiger partial charge in [0.2, 0.25) is 0 Å². The molecule has 0 radical (unpaired) electrons. The molecule has 2 nitrogen and oxygen atoms in total. The second-order valence-corrected chi connectivity index (χ2v) is 6.31. The summed E-state index contributed by atoms with van der Waals surface area (Å²) in [5.74, 6) is 2.18. The van der Waals surface area contributed by atoms with Crippen molar-refractivity contribution in [3.63, 3.8) is 0 Å². The second kappa shape index (κ2) is 4.47. The first-order valence-corrected chi connectivity index (χ1v) is 7.13. The lowest BCUT2D eigenvalue weighted by Crippen LogP contribution is -2.34. The summed E-state index contributed by atoms with van der Waals surface area (Å²) in [6.07, 6.45) is 12.3. The van der Waals surface area contributed by atoms with Crippen molar-refractivity contribution in [1.82, 2.24) is 0 Å². The van der Waals surface area contributed by atoms with Crippen LogP contribution in [0.5, 0.6) is 0 Å². The van der Waals surface area contributed by atoms with Crippen molar-refractivity contribution in [3.05, 3.63) is 11.6 Å². The van der Waals surface area contributed by atoms with Crippen molar-refractivity contribution in [3.8, 4) is 0 Å². The highest BCUT2D eigenvalue weighted by atomic mass is 16.4. The molecule has 3 aliphatic carbocycles. The van der Waals surface area contributed by atoms with Crippen LogP contribution in [-0.2, 0) is 4.79 Å². The third kappa shape index (κ3) is 2.27. The number of hydrogen-bond donors (Lipinski definition) is 1. The van der Waals surface area contributed by atoms with Crippen LogP contribution in [0.1, 0.15) is 51.4 Å². The zero-order chi connectivity index (χ0) is 11.8. The lowest BCUT2D eigenvalue weighted by Gasteiger charge is -2.39. The van der Waals surface area contributed by atoms with E-state index in [1.165, 1.54) is 38.5 Å². The third-order valence-electron chi connectivity index (χ3n) is 5.11. The minimum absolute atomic E-state index is 0.383. The first-order chi connectivity index (χ1) is 8.22. The summed E-state index contributed by atoms with van der Waals surface area (Å²) < 4.78 is 0. The number of carboxylic acids is 1. The average molecular weight is 234 g/mol. The van der Waals surface area contributed by atoms with Gasteiger partial charge in [0.25, 0.3) is 0 Å². The maximum Gasteiger partial charge on any atom is 0.303 e. The molecular weight excluding hydrogens is 212 g/mol. The van der Waals surface area contributed by atoms with E-state index in [2.05, 4.69) is 6.08 Å². The minimum Gasteiger partial charge on any atom is -0.481 e. The number of aliphatic carboxylic acids is 1. The van der Waals surface area contributed by atoms with Crippen LogP contribution in [0, 0.1) is 23.7 Å². The van der Waals surface area contributed by atoms with Crippen molar-refractivity contribution < 1.29 is 9.90 Å². The molecule has 3 aliphatic rings. The van der Waals surface area contributed by atoms with E-state index >= 15 is 0 Å². The smallest absolute Gasteiger partial charge is 0.303 e. The zero-order valence-corrected chi connectivity index (χ0v) is 10.4. The molecule has 0 aliphatic heterocycles. The van der Waals surface area contributed by atoms with Crippen molar-refractivity contribution in [2.24, 2.45) is 23.7 Å². The first-order valence-electron chi connectivity index (χ1n) is 7.13. The Bertz CT molecular complexity index is 339. The van der Waals surface area contributed by atoms with Crippen molar-refractivity contribution >= 4 is 5.97 Å². The number of carbonyl (C=O) groups is 1. The van der Waals surface area contributed by atoms with Crippen molar-refractivity contribution in [2.75, 3.05) is 0 Å². The molecule has 0 spiro atoms. The summed E-state index contributed by atoms with van der Waals surface area (Å²) in [7, 11) is 0. The molecule has 0 amide bonds. The predicted molar refractivity (Wildman–Crippen MR) is 66.6 cm³/mol. The standard InChI is InChI=1S/C15H22O2/c16-15(17)9-13-8-12-6-11(7-14(12)13)5-10-3-1-2-4-10/h7,10,12-14H,1-6,8-9H2,(H,16,17)/t12-,13-,14?/m1/s1. The SMILES string of the molecule is O=C(O)C[C@H]1C[C@H]2CC(CC3CCCC3)=CC21. The highest BCUT2D eigenvalue weighted by Crippen LogP contribution is 2.52. The highest BCUT2D eigenvalue weighted by molar-refractivity contribution is 5.67. The van der Waals surface area contributed by atoms with Gasteiger partial charge < -0.3 is 5.11 Å². The number of fused-ring (bicyclic) bond motifs is 1. The Balaban J connectivity index is 1.54. The van der Waals surface area contributed by atoms with Gasteiger partial charge in [0.1, 0.15) is 0 Å². The zero-order valence-electron chi connectivity index (χ0n) is 10.4. The average Bonchev–Trinajstić information content (AvgIpc) is 2.85. The van der Waals surface area contributed by atoms with Gasteiger partial charge in [-0.25, -0.2) is 0 Å². The van der Waals surface area contributed by atoms with Crippen LogP contribution in [0.25, 0.3) is 0 Å². The molecule has 1 unspecified atom stereocenters. The van der Waals surface area contributed by atoms with Crippen LogP contribution in [0.2, 0.25) is 0 Å². The monoisotopic (exact) mass is 234 g/mol. The molecule has 0 bridgehead atoms. The van der Waals surface area contributed by atoms with E-state index in [1.54, 1.807) is 5.57 Å². The Morgan fingerprint density at radius 2 is 2.12 bits per heavy atom. The number of allylic oxidation sites excluding steroid dienone is 2. The molecule has 0 aromatic rings. The Labute approximate surface area is 103 Å². The fraction of sp³-hybridized carbons (Fsp3) is 0.800. The van der Waals surface area contributed by atoms with Crippen LogP contribution in [0.15, 0.2) is 11.6 Å². The lowest BCUT2D eigenvalue weighted by molar-refractivity contribution is -0.139. The Morgan fingerprint density at radius 3 is 2.82 bits per heavy atom. The molecule has 0 heterocycles. The summed E-state index contributed by atoms with van der Waals surface area (Å²) >= 11 is 0. The Morgan fingerprint density at radius 1 is 1.35 bits per heavy atom. The van der Waals surface area contributed by atoms with E-state index in [1.807, 2.05) is 0 Å². The molecule has 0 saturated heterocycles. The molecule has 1 N–H and O–H groups in total. The number of carboxylic acid groups (broad SMARTS) is 1. The normalized spacial score (nSPS) is 36.5. The van der Waals surface area contributed by atoms with E-state index < -0.39 is 5.97 Å². The van der Waals surface area contributed by atoms with Gasteiger partial charge in [0, 0.05) is 6.42 Å². The molecule has 2 fully saturated rings. The van der Waals surface area contributed by atoms with E-state index in [-0.39, 0.29) is 0 Å². The third-order valence-corrected chi connectivity index (χ3v) is 5.11. The molecular formula is C15H22O2. The summed E-state index contributed by atoms with van der Waals surface area (Å²) in [5.41, 5.74) is 1.65. The van der Waals surface area contributed by atoms with Crippen LogP contribution in [0.3, 0.4) is 0 Å². The van der Waals surface area contributed by atoms with Gasteiger partial charge in [-0.3, -0.25) is 4.79 Å². The predicted octanol–water partition coefficient (Wildman–Crippen LogP) is 3.62. The van der Waals surface area contributed by atoms with E-state index in [9.17, 15) is 4.79 Å². The highest BCUT2D eigenvalue weighted by Gasteiger charge is 2.44. The molecule has 3 rings (SSSR count). The lowest BCUT2D eigenvalue weighted by atomic mass is 9.65. The molecule has 3 atom stereocenters. The Kier molecular flexibility index (Phi) is 2.97. The first kappa shape index (κ1) is 11.3. The maximum absolute atomic E-state index is 10.7. The van der Waals surface area contributed by atoms with Gasteiger partial charge in [0.15, 0.2) is 0 Å². The van der Waals surface area contributed by atoms with Gasteiger partial charge in [-0.15, -0.1) is 0 Å². The fourth-order valence-electron chi connectivity index (χ4n) is 4.24. The van der Waals surface area contributed by atoms with Crippen LogP contribution in [0.4, 0.5) is 0 Å². The molecule has 0 aromatic heterocycles. The summed E-state index contributed by atoms with van der Waals surface area (Å²) in [6, 6.07) is 0. The van der Waals surface area contributed by atoms with E-state index in [0.717, 1.165) is 18.3 Å². The van der Waals surface area contributed by atoms with Gasteiger partial charge >= 0.3 is 5.97 Å². The van der Waals surface area contributed by atoms with Crippen LogP contribution in [-0.4, -0.2) is 11.1 Å². The van der Waals surface area contributed by atoms with Crippen LogP contribution < -0.4 is 0 Å². The topological polar surface area (TPSA) is 37.3 Å².